The van der Waals surface area contributed by atoms with Crippen LogP contribution in [-0.4, -0.2) is 93.1 Å². The topological polar surface area (TPSA) is 157 Å². The number of aliphatic hydroxyl groups excluding tert-OH is 6. The average Bonchev–Trinajstić information content (AvgIpc) is 2.70. The van der Waals surface area contributed by atoms with Gasteiger partial charge in [0.1, 0.15) is 36.6 Å². The van der Waals surface area contributed by atoms with Crippen LogP contribution in [0.3, 0.4) is 0 Å². The van der Waals surface area contributed by atoms with E-state index >= 15 is 0 Å². The van der Waals surface area contributed by atoms with Crippen LogP contribution in [0.1, 0.15) is 0 Å². The Balaban J connectivity index is 2.42. The second-order valence-electron chi connectivity index (χ2n) is 4.22. The Morgan fingerprint density at radius 1 is 1.21 bits per heavy atom. The van der Waals surface area contributed by atoms with Crippen molar-refractivity contribution in [3.63, 3.8) is 0 Å². The Hall–Kier alpha value is -0.650. The van der Waals surface area contributed by atoms with Crippen LogP contribution in [-0.2, 0) is 14.3 Å². The van der Waals surface area contributed by atoms with Gasteiger partial charge in [-0.2, -0.15) is 0 Å². The fourth-order valence-corrected chi connectivity index (χ4v) is 1.60. The summed E-state index contributed by atoms with van der Waals surface area (Å²) >= 11 is 0. The van der Waals surface area contributed by atoms with Crippen LogP contribution in [0.2, 0.25) is 0 Å². The molecule has 1 saturated heterocycles. The highest BCUT2D eigenvalue weighted by Crippen LogP contribution is 2.22. The molecule has 0 aromatic carbocycles. The first kappa shape index (κ1) is 16.4. The van der Waals surface area contributed by atoms with Crippen LogP contribution in [0, 0.1) is 0 Å². The molecule has 0 radical (unpaired) electrons. The molecule has 1 unspecified atom stereocenters. The Kier molecular flexibility index (Phi) is 6.23. The number of rotatable bonds is 7. The molecule has 1 aliphatic rings. The summed E-state index contributed by atoms with van der Waals surface area (Å²) in [6.45, 7) is -1.06. The van der Waals surface area contributed by atoms with Crippen LogP contribution in [0.5, 0.6) is 0 Å². The second kappa shape index (κ2) is 7.22. The average molecular weight is 282 g/mol. The number of aldehydes is 1. The first-order valence-electron chi connectivity index (χ1n) is 5.66. The standard InChI is InChI=1S/C10H18O9/c11-1-4(13)7(15)5(14)3-18-10-9(17)8(16)6(2-12)19-10/h1,4-10,12-17H,2-3H2/t4-,5-,6+,7+,8+,9-,10?/m0/s1. The van der Waals surface area contributed by atoms with Gasteiger partial charge in [-0.05, 0) is 0 Å². The number of aliphatic hydroxyl groups is 6. The van der Waals surface area contributed by atoms with Gasteiger partial charge in [-0.1, -0.05) is 0 Å². The summed E-state index contributed by atoms with van der Waals surface area (Å²) in [7, 11) is 0. The minimum Gasteiger partial charge on any atom is -0.394 e. The highest BCUT2D eigenvalue weighted by atomic mass is 16.7. The summed E-state index contributed by atoms with van der Waals surface area (Å²) in [5.74, 6) is 0. The van der Waals surface area contributed by atoms with Crippen LogP contribution in [0.4, 0.5) is 0 Å². The third-order valence-electron chi connectivity index (χ3n) is 2.81. The van der Waals surface area contributed by atoms with Gasteiger partial charge in [-0.3, -0.25) is 0 Å². The summed E-state index contributed by atoms with van der Waals surface area (Å²) in [4.78, 5) is 10.2. The third-order valence-corrected chi connectivity index (χ3v) is 2.81. The first-order chi connectivity index (χ1) is 8.92. The monoisotopic (exact) mass is 282 g/mol. The number of carbonyl (C=O) groups excluding carboxylic acids is 1. The van der Waals surface area contributed by atoms with E-state index in [2.05, 4.69) is 0 Å². The van der Waals surface area contributed by atoms with Gasteiger partial charge in [0.2, 0.25) is 0 Å². The fraction of sp³-hybridized carbons (Fsp3) is 0.900. The maximum Gasteiger partial charge on any atom is 0.186 e. The van der Waals surface area contributed by atoms with Crippen molar-refractivity contribution in [2.45, 2.75) is 42.9 Å². The van der Waals surface area contributed by atoms with Crippen LogP contribution in [0.15, 0.2) is 0 Å². The molecule has 1 heterocycles. The van der Waals surface area contributed by atoms with Gasteiger partial charge in [-0.25, -0.2) is 0 Å². The van der Waals surface area contributed by atoms with Crippen molar-refractivity contribution in [2.24, 2.45) is 0 Å². The van der Waals surface area contributed by atoms with E-state index in [0.717, 1.165) is 0 Å². The Bertz CT molecular complexity index is 286. The van der Waals surface area contributed by atoms with Crippen molar-refractivity contribution in [3.8, 4) is 0 Å². The molecule has 1 rings (SSSR count). The van der Waals surface area contributed by atoms with Crippen molar-refractivity contribution >= 4 is 6.29 Å². The lowest BCUT2D eigenvalue weighted by Crippen LogP contribution is -2.42. The molecular formula is C10H18O9. The molecule has 0 aromatic rings. The highest BCUT2D eigenvalue weighted by Gasteiger charge is 2.43. The normalized spacial score (nSPS) is 35.9. The fourth-order valence-electron chi connectivity index (χ4n) is 1.60. The van der Waals surface area contributed by atoms with E-state index in [0.29, 0.717) is 0 Å². The molecule has 1 aliphatic heterocycles. The molecule has 0 aromatic heterocycles. The quantitative estimate of drug-likeness (QED) is 0.254. The van der Waals surface area contributed by atoms with Gasteiger partial charge in [-0.15, -0.1) is 0 Å². The molecule has 112 valence electrons. The zero-order valence-electron chi connectivity index (χ0n) is 9.94. The molecule has 9 nitrogen and oxygen atoms in total. The maximum absolute atomic E-state index is 10.2. The van der Waals surface area contributed by atoms with E-state index < -0.39 is 56.1 Å². The van der Waals surface area contributed by atoms with Gasteiger partial charge in [0, 0.05) is 0 Å². The molecule has 1 fully saturated rings. The van der Waals surface area contributed by atoms with Crippen molar-refractivity contribution in [1.29, 1.82) is 0 Å². The van der Waals surface area contributed by atoms with Gasteiger partial charge in [0.15, 0.2) is 12.6 Å². The Labute approximate surface area is 108 Å². The minimum atomic E-state index is -1.76. The number of hydrogen-bond acceptors (Lipinski definition) is 9. The van der Waals surface area contributed by atoms with Crippen LogP contribution in [0.25, 0.3) is 0 Å². The van der Waals surface area contributed by atoms with E-state index in [4.69, 9.17) is 19.7 Å². The van der Waals surface area contributed by atoms with E-state index in [1.54, 1.807) is 0 Å². The molecule has 0 saturated carbocycles. The van der Waals surface area contributed by atoms with E-state index in [9.17, 15) is 25.2 Å². The van der Waals surface area contributed by atoms with E-state index in [1.165, 1.54) is 0 Å². The Morgan fingerprint density at radius 2 is 1.84 bits per heavy atom. The van der Waals surface area contributed by atoms with Crippen molar-refractivity contribution in [2.75, 3.05) is 13.2 Å². The smallest absolute Gasteiger partial charge is 0.186 e. The Morgan fingerprint density at radius 3 is 2.32 bits per heavy atom. The lowest BCUT2D eigenvalue weighted by Gasteiger charge is -2.22. The van der Waals surface area contributed by atoms with Crippen LogP contribution >= 0.6 is 0 Å². The molecule has 0 spiro atoms. The van der Waals surface area contributed by atoms with Gasteiger partial charge in [0.05, 0.1) is 13.2 Å². The summed E-state index contributed by atoms with van der Waals surface area (Å²) in [5, 5.41) is 55.4. The lowest BCUT2D eigenvalue weighted by atomic mass is 10.1. The molecule has 7 atom stereocenters. The third kappa shape index (κ3) is 3.91. The van der Waals surface area contributed by atoms with Crippen molar-refractivity contribution in [1.82, 2.24) is 0 Å². The van der Waals surface area contributed by atoms with Gasteiger partial charge < -0.3 is 44.9 Å². The van der Waals surface area contributed by atoms with Crippen LogP contribution < -0.4 is 0 Å². The van der Waals surface area contributed by atoms with Gasteiger partial charge >= 0.3 is 0 Å². The predicted molar refractivity (Wildman–Crippen MR) is 57.8 cm³/mol. The van der Waals surface area contributed by atoms with Gasteiger partial charge in [0.25, 0.3) is 0 Å². The molecule has 9 heteroatoms. The largest absolute Gasteiger partial charge is 0.394 e. The lowest BCUT2D eigenvalue weighted by molar-refractivity contribution is -0.192. The predicted octanol–water partition coefficient (Wildman–Crippen LogP) is -4.28. The zero-order chi connectivity index (χ0) is 14.6. The summed E-state index contributed by atoms with van der Waals surface area (Å²) in [5.41, 5.74) is 0. The highest BCUT2D eigenvalue weighted by molar-refractivity contribution is 5.56. The summed E-state index contributed by atoms with van der Waals surface area (Å²) in [6.07, 6.45) is -10.1. The summed E-state index contributed by atoms with van der Waals surface area (Å²) < 4.78 is 9.87. The molecule has 19 heavy (non-hydrogen) atoms. The first-order valence-corrected chi connectivity index (χ1v) is 5.66. The molecule has 0 bridgehead atoms. The SMILES string of the molecule is O=C[C@H](O)[C@@H](O)[C@@H](O)COC1O[C@H](CO)[C@@H](O)[C@@H]1O. The maximum atomic E-state index is 10.2. The number of hydrogen-bond donors (Lipinski definition) is 6. The molecule has 0 aliphatic carbocycles. The minimum absolute atomic E-state index is 0.0559. The van der Waals surface area contributed by atoms with Crippen molar-refractivity contribution in [3.05, 3.63) is 0 Å². The number of ether oxygens (including phenoxy) is 2. The second-order valence-corrected chi connectivity index (χ2v) is 4.22. The van der Waals surface area contributed by atoms with E-state index in [1.807, 2.05) is 0 Å². The van der Waals surface area contributed by atoms with Crippen molar-refractivity contribution < 1.29 is 44.9 Å². The molecule has 6 N–H and O–H groups in total. The zero-order valence-corrected chi connectivity index (χ0v) is 9.94. The van der Waals surface area contributed by atoms with E-state index in [-0.39, 0.29) is 6.29 Å². The molecule has 0 amide bonds. The number of carbonyl (C=O) groups is 1. The summed E-state index contributed by atoms with van der Waals surface area (Å²) in [6, 6.07) is 0. The molecular weight excluding hydrogens is 264 g/mol.